The van der Waals surface area contributed by atoms with Gasteiger partial charge in [0.2, 0.25) is 0 Å². The average molecular weight is 168 g/mol. The summed E-state index contributed by atoms with van der Waals surface area (Å²) in [6.07, 6.45) is 0. The van der Waals surface area contributed by atoms with Crippen molar-refractivity contribution in [2.45, 2.75) is 0 Å². The SMILES string of the molecule is O=C1[N]Nc2ccc(Cl)cc21. The maximum Gasteiger partial charge on any atom is 0.295 e. The van der Waals surface area contributed by atoms with E-state index in [0.717, 1.165) is 5.69 Å². The van der Waals surface area contributed by atoms with Gasteiger partial charge >= 0.3 is 0 Å². The zero-order valence-corrected chi connectivity index (χ0v) is 6.22. The number of anilines is 1. The van der Waals surface area contributed by atoms with Crippen molar-refractivity contribution in [1.82, 2.24) is 5.43 Å². The van der Waals surface area contributed by atoms with Gasteiger partial charge < -0.3 is 0 Å². The van der Waals surface area contributed by atoms with E-state index >= 15 is 0 Å². The van der Waals surface area contributed by atoms with Gasteiger partial charge in [0, 0.05) is 5.02 Å². The molecule has 55 valence electrons. The van der Waals surface area contributed by atoms with Crippen LogP contribution in [-0.2, 0) is 0 Å². The summed E-state index contributed by atoms with van der Waals surface area (Å²) in [7, 11) is 0. The number of carbonyl (C=O) groups excluding carboxylic acids is 1. The largest absolute Gasteiger partial charge is 0.295 e. The van der Waals surface area contributed by atoms with E-state index in [9.17, 15) is 4.79 Å². The van der Waals surface area contributed by atoms with Crippen LogP contribution in [-0.4, -0.2) is 5.91 Å². The van der Waals surface area contributed by atoms with E-state index in [2.05, 4.69) is 10.9 Å². The molecule has 1 N–H and O–H groups in total. The maximum atomic E-state index is 10.9. The number of amides is 1. The first kappa shape index (κ1) is 6.49. The topological polar surface area (TPSA) is 43.2 Å². The first-order valence-electron chi connectivity index (χ1n) is 3.08. The molecule has 0 saturated carbocycles. The van der Waals surface area contributed by atoms with Gasteiger partial charge in [-0.05, 0) is 18.2 Å². The van der Waals surface area contributed by atoms with Crippen LogP contribution in [0.5, 0.6) is 0 Å². The Balaban J connectivity index is 2.60. The lowest BCUT2D eigenvalue weighted by Crippen LogP contribution is -2.10. The highest BCUT2D eigenvalue weighted by atomic mass is 35.5. The molecule has 0 fully saturated rings. The summed E-state index contributed by atoms with van der Waals surface area (Å²) in [5.74, 6) is -0.262. The third-order valence-corrected chi connectivity index (χ3v) is 1.73. The Morgan fingerprint density at radius 2 is 2.27 bits per heavy atom. The number of hydrogen-bond donors (Lipinski definition) is 1. The zero-order valence-electron chi connectivity index (χ0n) is 5.47. The number of benzene rings is 1. The van der Waals surface area contributed by atoms with Crippen LogP contribution >= 0.6 is 11.6 Å². The molecule has 2 rings (SSSR count). The molecule has 0 atom stereocenters. The fourth-order valence-corrected chi connectivity index (χ4v) is 1.13. The lowest BCUT2D eigenvalue weighted by Gasteiger charge is -1.93. The van der Waals surface area contributed by atoms with Gasteiger partial charge in [-0.2, -0.15) is 0 Å². The maximum absolute atomic E-state index is 10.9. The molecule has 3 nitrogen and oxygen atoms in total. The Hall–Kier alpha value is -1.22. The summed E-state index contributed by atoms with van der Waals surface area (Å²) in [5, 5.41) is 0.552. The van der Waals surface area contributed by atoms with Crippen molar-refractivity contribution in [1.29, 1.82) is 0 Å². The van der Waals surface area contributed by atoms with Gasteiger partial charge in [-0.3, -0.25) is 10.2 Å². The molecule has 1 aromatic carbocycles. The predicted molar refractivity (Wildman–Crippen MR) is 41.5 cm³/mol. The van der Waals surface area contributed by atoms with Crippen LogP contribution in [0, 0.1) is 0 Å². The Kier molecular flexibility index (Phi) is 1.26. The average Bonchev–Trinajstić information content (AvgIpc) is 2.33. The fourth-order valence-electron chi connectivity index (χ4n) is 0.962. The number of halogens is 1. The minimum absolute atomic E-state index is 0.262. The number of fused-ring (bicyclic) bond motifs is 1. The second-order valence-corrected chi connectivity index (χ2v) is 2.66. The van der Waals surface area contributed by atoms with Crippen LogP contribution in [0.3, 0.4) is 0 Å². The monoisotopic (exact) mass is 167 g/mol. The number of nitrogens with zero attached hydrogens (tertiary/aromatic N) is 1. The van der Waals surface area contributed by atoms with Crippen LogP contribution in [0.4, 0.5) is 5.69 Å². The summed E-state index contributed by atoms with van der Waals surface area (Å²) >= 11 is 5.67. The molecule has 0 unspecified atom stereocenters. The summed E-state index contributed by atoms with van der Waals surface area (Å²) in [6, 6.07) is 5.04. The third-order valence-electron chi connectivity index (χ3n) is 1.49. The number of carbonyl (C=O) groups is 1. The highest BCUT2D eigenvalue weighted by molar-refractivity contribution is 6.31. The Labute approximate surface area is 68.3 Å². The van der Waals surface area contributed by atoms with E-state index in [4.69, 9.17) is 11.6 Å². The summed E-state index contributed by atoms with van der Waals surface area (Å²) in [6.45, 7) is 0. The highest BCUT2D eigenvalue weighted by Crippen LogP contribution is 2.23. The molecule has 0 bridgehead atoms. The van der Waals surface area contributed by atoms with Gasteiger partial charge in [0.15, 0.2) is 0 Å². The van der Waals surface area contributed by atoms with E-state index < -0.39 is 0 Å². The highest BCUT2D eigenvalue weighted by Gasteiger charge is 2.19. The molecule has 1 radical (unpaired) electrons. The van der Waals surface area contributed by atoms with Gasteiger partial charge in [-0.25, -0.2) is 0 Å². The first-order valence-corrected chi connectivity index (χ1v) is 3.46. The quantitative estimate of drug-likeness (QED) is 0.635. The second kappa shape index (κ2) is 2.13. The van der Waals surface area contributed by atoms with E-state index in [0.29, 0.717) is 10.6 Å². The molecule has 1 amide bonds. The lowest BCUT2D eigenvalue weighted by atomic mass is 10.2. The van der Waals surface area contributed by atoms with Crippen molar-refractivity contribution in [2.75, 3.05) is 5.43 Å². The van der Waals surface area contributed by atoms with Crippen LogP contribution in [0.15, 0.2) is 18.2 Å². The minimum atomic E-state index is -0.262. The molecule has 11 heavy (non-hydrogen) atoms. The van der Waals surface area contributed by atoms with Gasteiger partial charge in [-0.1, -0.05) is 11.6 Å². The molecule has 0 saturated heterocycles. The molecular weight excluding hydrogens is 164 g/mol. The van der Waals surface area contributed by atoms with Crippen LogP contribution in [0.25, 0.3) is 0 Å². The molecule has 0 aliphatic carbocycles. The molecule has 1 aromatic rings. The fraction of sp³-hybridized carbons (Fsp3) is 0. The molecule has 0 aromatic heterocycles. The Bertz CT molecular complexity index is 324. The van der Waals surface area contributed by atoms with Crippen molar-refractivity contribution in [3.63, 3.8) is 0 Å². The zero-order chi connectivity index (χ0) is 7.84. The molecule has 0 spiro atoms. The molecule has 1 aliphatic heterocycles. The lowest BCUT2D eigenvalue weighted by molar-refractivity contribution is 0.0969. The summed E-state index contributed by atoms with van der Waals surface area (Å²) in [4.78, 5) is 10.9. The second-order valence-electron chi connectivity index (χ2n) is 2.22. The van der Waals surface area contributed by atoms with Crippen LogP contribution in [0.2, 0.25) is 5.02 Å². The number of rotatable bonds is 0. The van der Waals surface area contributed by atoms with Crippen LogP contribution < -0.4 is 10.9 Å². The molecule has 1 aliphatic rings. The van der Waals surface area contributed by atoms with E-state index in [1.807, 2.05) is 0 Å². The predicted octanol–water partition coefficient (Wildman–Crippen LogP) is 1.43. The minimum Gasteiger partial charge on any atom is -0.274 e. The smallest absolute Gasteiger partial charge is 0.274 e. The molecular formula is C7H4ClN2O. The van der Waals surface area contributed by atoms with Crippen LogP contribution in [0.1, 0.15) is 10.4 Å². The van der Waals surface area contributed by atoms with Gasteiger partial charge in [0.1, 0.15) is 0 Å². The van der Waals surface area contributed by atoms with E-state index in [1.165, 1.54) is 0 Å². The number of hydrogen-bond acceptors (Lipinski definition) is 2. The van der Waals surface area contributed by atoms with Crippen molar-refractivity contribution in [3.8, 4) is 0 Å². The third kappa shape index (κ3) is 0.935. The Morgan fingerprint density at radius 3 is 3.09 bits per heavy atom. The van der Waals surface area contributed by atoms with Crippen molar-refractivity contribution >= 4 is 23.2 Å². The summed E-state index contributed by atoms with van der Waals surface area (Å²) < 4.78 is 0. The van der Waals surface area contributed by atoms with Gasteiger partial charge in [-0.15, -0.1) is 5.43 Å². The molecule has 4 heteroatoms. The standard InChI is InChI=1S/C7H4ClN2O/c8-4-1-2-6-5(3-4)7(11)10-9-6/h1-3,9H. The molecule has 1 heterocycles. The van der Waals surface area contributed by atoms with Crippen molar-refractivity contribution in [3.05, 3.63) is 28.8 Å². The van der Waals surface area contributed by atoms with Crippen molar-refractivity contribution < 1.29 is 4.79 Å². The van der Waals surface area contributed by atoms with E-state index in [-0.39, 0.29) is 5.91 Å². The van der Waals surface area contributed by atoms with Crippen molar-refractivity contribution in [2.24, 2.45) is 0 Å². The Morgan fingerprint density at radius 1 is 1.45 bits per heavy atom. The van der Waals surface area contributed by atoms with E-state index in [1.54, 1.807) is 18.2 Å². The number of nitrogens with one attached hydrogen (secondary N) is 1. The normalized spacial score (nSPS) is 13.7. The first-order chi connectivity index (χ1) is 5.27. The van der Waals surface area contributed by atoms with Gasteiger partial charge in [0.05, 0.1) is 11.3 Å². The van der Waals surface area contributed by atoms with Gasteiger partial charge in [0.25, 0.3) is 5.91 Å². The summed E-state index contributed by atoms with van der Waals surface area (Å²) in [5.41, 5.74) is 7.35.